The van der Waals surface area contributed by atoms with Gasteiger partial charge in [-0.2, -0.15) is 0 Å². The van der Waals surface area contributed by atoms with Crippen molar-refractivity contribution in [3.05, 3.63) is 54.8 Å². The van der Waals surface area contributed by atoms with E-state index < -0.39 is 7.81 Å². The monoisotopic (exact) mass is 410 g/mol. The third-order valence-corrected chi connectivity index (χ3v) is 1.26. The maximum absolute atomic E-state index is 10.7. The number of benzene rings is 1. The van der Waals surface area contributed by atoms with Crippen molar-refractivity contribution in [2.75, 3.05) is 0 Å². The Morgan fingerprint density at radius 3 is 1.09 bits per heavy atom. The fourth-order valence-electron chi connectivity index (χ4n) is 0.533. The Hall–Kier alpha value is -0.741. The molecular weight excluding hydrogens is 403 g/mol. The van der Waals surface area contributed by atoms with Crippen molar-refractivity contribution in [2.24, 2.45) is 0 Å². The average molecular weight is 411 g/mol. The summed E-state index contributed by atoms with van der Waals surface area (Å²) in [6.45, 7) is 15.5. The van der Waals surface area contributed by atoms with Crippen molar-refractivity contribution in [1.29, 1.82) is 0 Å². The molecule has 3 nitrogen and oxygen atoms in total. The zero-order valence-electron chi connectivity index (χ0n) is 10.5. The Labute approximate surface area is 137 Å². The van der Waals surface area contributed by atoms with Crippen molar-refractivity contribution in [1.82, 2.24) is 0 Å². The fourth-order valence-corrected chi connectivity index (χ4v) is 0.659. The quantitative estimate of drug-likeness (QED) is 0.168. The van der Waals surface area contributed by atoms with Gasteiger partial charge in [0.25, 0.3) is 0 Å². The molecule has 1 rings (SSSR count). The number of aryl methyl sites for hydroxylation is 1. The molecule has 0 aliphatic heterocycles. The molecule has 0 aliphatic carbocycles. The van der Waals surface area contributed by atoms with E-state index in [4.69, 9.17) is 25.6 Å². The minimum Gasteiger partial charge on any atom is 0 e. The Bertz CT molecular complexity index is 408. The van der Waals surface area contributed by atoms with Crippen LogP contribution >= 0.6 is 19.4 Å². The van der Waals surface area contributed by atoms with Gasteiger partial charge in [-0.1, -0.05) is 29.3 Å². The van der Waals surface area contributed by atoms with Gasteiger partial charge in [-0.25, -0.2) is 0 Å². The van der Waals surface area contributed by atoms with Crippen LogP contribution in [0.1, 0.15) is 5.56 Å². The molecule has 0 heterocycles. The van der Waals surface area contributed by atoms with Crippen LogP contribution in [0.5, 0.6) is 0 Å². The molecule has 127 valence electrons. The van der Waals surface area contributed by atoms with E-state index in [0.717, 1.165) is 5.02 Å². The van der Waals surface area contributed by atoms with E-state index in [2.05, 4.69) is 20.0 Å². The van der Waals surface area contributed by atoms with Gasteiger partial charge in [-0.05, 0) is 19.1 Å². The molecule has 0 amide bonds. The second-order valence-corrected chi connectivity index (χ2v) is 5.11. The van der Waals surface area contributed by atoms with Gasteiger partial charge in [-0.15, -0.1) is 0 Å². The van der Waals surface area contributed by atoms with Crippen LogP contribution in [-0.4, -0.2) is 0 Å². The number of hydrogen-bond acceptors (Lipinski definition) is 0. The van der Waals surface area contributed by atoms with Crippen LogP contribution in [0.4, 0.5) is 25.2 Å². The molecule has 22 heavy (non-hydrogen) atoms. The van der Waals surface area contributed by atoms with Crippen LogP contribution in [0.3, 0.4) is 0 Å². The van der Waals surface area contributed by atoms with Gasteiger partial charge >= 0.3 is 66.9 Å². The van der Waals surface area contributed by atoms with Gasteiger partial charge in [0, 0.05) is 22.1 Å². The topological polar surface area (TPSA) is 59.7 Å². The summed E-state index contributed by atoms with van der Waals surface area (Å²) in [7, 11) is -10.7. The molecule has 12 heteroatoms. The van der Waals surface area contributed by atoms with Crippen molar-refractivity contribution in [3.63, 3.8) is 0 Å². The number of halogens is 7. The molecule has 0 spiro atoms. The second-order valence-electron chi connectivity index (χ2n) is 2.75. The molecule has 0 bridgehead atoms. The summed E-state index contributed by atoms with van der Waals surface area (Å²) in [5.74, 6) is 0. The molecule has 0 atom stereocenters. The number of rotatable bonds is 0. The zero-order valence-corrected chi connectivity index (χ0v) is 13.3. The van der Waals surface area contributed by atoms with E-state index in [-0.39, 0.29) is 17.1 Å². The van der Waals surface area contributed by atoms with E-state index >= 15 is 0 Å². The predicted octanol–water partition coefficient (Wildman–Crippen LogP) is 5.92. The normalized spacial score (nSPS) is 11.0. The van der Waals surface area contributed by atoms with E-state index in [1.165, 1.54) is 5.56 Å². The van der Waals surface area contributed by atoms with E-state index in [0.29, 0.717) is 0 Å². The molecule has 1 aromatic carbocycles. The zero-order chi connectivity index (χ0) is 18.4. The first-order valence-corrected chi connectivity index (χ1v) is 6.54. The van der Waals surface area contributed by atoms with Crippen molar-refractivity contribution in [2.45, 2.75) is 6.92 Å². The molecule has 1 aromatic rings. The summed E-state index contributed by atoms with van der Waals surface area (Å²) < 4.78 is 81.7. The molecule has 0 saturated carbocycles. The summed E-state index contributed by atoms with van der Waals surface area (Å²) in [6, 6.07) is 7.75. The van der Waals surface area contributed by atoms with E-state index in [1.54, 1.807) is 0 Å². The van der Waals surface area contributed by atoms with Gasteiger partial charge in [0.05, 0.1) is 0 Å². The van der Waals surface area contributed by atoms with Crippen LogP contribution in [-0.2, 0) is 31.0 Å². The van der Waals surface area contributed by atoms with Crippen LogP contribution in [0.2, 0.25) is 5.02 Å². The molecule has 0 aliphatic rings. The van der Waals surface area contributed by atoms with Crippen LogP contribution in [0.25, 0.3) is 0 Å². The molecule has 1 radical (unpaired) electrons. The average Bonchev–Trinajstić information content (AvgIpc) is 2.37. The summed E-state index contributed by atoms with van der Waals surface area (Å²) in [4.78, 5) is 0. The maximum Gasteiger partial charge on any atom is 0 e. The molecule has 0 N–H and O–H groups in total. The summed E-state index contributed by atoms with van der Waals surface area (Å²) in [5.41, 5.74) is 1.24. The predicted molar refractivity (Wildman–Crippen MR) is 61.5 cm³/mol. The minimum absolute atomic E-state index is 0. The number of hydrogen-bond donors (Lipinski definition) is 0. The minimum atomic E-state index is -10.7. The Kier molecular flexibility index (Phi) is 19.2. The molecule has 0 unspecified atom stereocenters. The summed E-state index contributed by atoms with van der Waals surface area (Å²) in [6.07, 6.45) is 0. The smallest absolute Gasteiger partial charge is 0 e. The summed E-state index contributed by atoms with van der Waals surface area (Å²) >= 11 is 5.61. The Morgan fingerprint density at radius 2 is 0.955 bits per heavy atom. The van der Waals surface area contributed by atoms with Crippen LogP contribution in [0.15, 0.2) is 24.3 Å². The van der Waals surface area contributed by atoms with Crippen molar-refractivity contribution >= 4 is 19.4 Å². The first-order valence-electron chi connectivity index (χ1n) is 4.14. The third kappa shape index (κ3) is 74.9. The van der Waals surface area contributed by atoms with Gasteiger partial charge in [0.2, 0.25) is 0 Å². The van der Waals surface area contributed by atoms with Crippen LogP contribution in [0, 0.1) is 26.9 Å². The molecular formula is C10H7ClF6MnO3P-. The maximum atomic E-state index is 9.87. The van der Waals surface area contributed by atoms with Crippen LogP contribution < -0.4 is 0 Å². The Morgan fingerprint density at radius 1 is 0.773 bits per heavy atom. The first-order chi connectivity index (χ1) is 9.24. The molecule has 0 saturated heterocycles. The summed E-state index contributed by atoms with van der Waals surface area (Å²) in [5, 5.41) is 0.801. The standard InChI is InChI=1S/C7H7Cl.3CO.F6P.Mn/c1-6-2-4-7(8)5-3-6;3*1-2;1-7(2,3,4,5)6;/h2-5H,1H3;;;;;/q;;;;-1;. The first kappa shape index (κ1) is 33.0. The van der Waals surface area contributed by atoms with E-state index in [9.17, 15) is 25.2 Å². The second kappa shape index (κ2) is 12.8. The third-order valence-electron chi connectivity index (χ3n) is 1.01. The van der Waals surface area contributed by atoms with Crippen molar-refractivity contribution in [3.8, 4) is 0 Å². The van der Waals surface area contributed by atoms with Gasteiger partial charge in [0.1, 0.15) is 0 Å². The van der Waals surface area contributed by atoms with Gasteiger partial charge in [0.15, 0.2) is 0 Å². The SMILES string of the molecule is Cc1ccc(Cl)cc1.F[P-](F)(F)(F)(F)F.[C-]#[O+].[C-]#[O+].[C-]#[O+].[Mn]. The van der Waals surface area contributed by atoms with E-state index in [1.807, 2.05) is 31.2 Å². The molecule has 0 aromatic heterocycles. The van der Waals surface area contributed by atoms with Gasteiger partial charge < -0.3 is 0 Å². The molecule has 0 fully saturated rings. The largest absolute Gasteiger partial charge is 0 e. The fraction of sp³-hybridized carbons (Fsp3) is 0.100. The van der Waals surface area contributed by atoms with Crippen molar-refractivity contribution < 1.29 is 56.2 Å². The van der Waals surface area contributed by atoms with Gasteiger partial charge in [-0.3, -0.25) is 0 Å². The Balaban J connectivity index is -0.0000000635.